The lowest BCUT2D eigenvalue weighted by atomic mass is 10.1. The smallest absolute Gasteiger partial charge is 0.106 e. The van der Waals surface area contributed by atoms with Crippen LogP contribution in [-0.4, -0.2) is 21.8 Å². The average Bonchev–Trinajstić information content (AvgIpc) is 2.74. The van der Waals surface area contributed by atoms with Gasteiger partial charge in [0.05, 0.1) is 6.20 Å². The molecule has 0 fully saturated rings. The van der Waals surface area contributed by atoms with Crippen molar-refractivity contribution < 1.29 is 0 Å². The second kappa shape index (κ2) is 5.71. The standard InChI is InChI=1S/C13H15BrN4S/c1-17(7-9-6-16-18(2)8-9)12-4-3-10(14)5-11(12)13(15)19/h3-6,8H,7H2,1-2H3,(H2,15,19). The van der Waals surface area contributed by atoms with E-state index in [2.05, 4.69) is 25.9 Å². The van der Waals surface area contributed by atoms with Gasteiger partial charge in [-0.3, -0.25) is 4.68 Å². The highest BCUT2D eigenvalue weighted by Gasteiger charge is 2.11. The first-order valence-corrected chi connectivity index (χ1v) is 6.95. The van der Waals surface area contributed by atoms with Crippen LogP contribution in [0, 0.1) is 0 Å². The number of nitrogens with two attached hydrogens (primary N) is 1. The second-order valence-corrected chi connectivity index (χ2v) is 5.76. The van der Waals surface area contributed by atoms with Crippen molar-refractivity contribution in [3.05, 3.63) is 46.2 Å². The highest BCUT2D eigenvalue weighted by molar-refractivity contribution is 9.10. The van der Waals surface area contributed by atoms with Gasteiger partial charge in [0.2, 0.25) is 0 Å². The maximum atomic E-state index is 5.79. The van der Waals surface area contributed by atoms with E-state index in [1.165, 1.54) is 0 Å². The molecule has 0 aliphatic rings. The number of hydrogen-bond donors (Lipinski definition) is 1. The lowest BCUT2D eigenvalue weighted by Gasteiger charge is -2.21. The topological polar surface area (TPSA) is 47.1 Å². The van der Waals surface area contributed by atoms with E-state index in [9.17, 15) is 0 Å². The fraction of sp³-hybridized carbons (Fsp3) is 0.231. The van der Waals surface area contributed by atoms with Crippen LogP contribution < -0.4 is 10.6 Å². The van der Waals surface area contributed by atoms with E-state index < -0.39 is 0 Å². The van der Waals surface area contributed by atoms with Crippen molar-refractivity contribution in [2.75, 3.05) is 11.9 Å². The first-order valence-electron chi connectivity index (χ1n) is 5.75. The normalized spacial score (nSPS) is 10.5. The largest absolute Gasteiger partial charge is 0.389 e. The van der Waals surface area contributed by atoms with Gasteiger partial charge < -0.3 is 10.6 Å². The van der Waals surface area contributed by atoms with E-state index >= 15 is 0 Å². The average molecular weight is 339 g/mol. The monoisotopic (exact) mass is 338 g/mol. The minimum Gasteiger partial charge on any atom is -0.389 e. The Morgan fingerprint density at radius 1 is 1.53 bits per heavy atom. The van der Waals surface area contributed by atoms with Crippen molar-refractivity contribution in [2.45, 2.75) is 6.54 Å². The lowest BCUT2D eigenvalue weighted by Crippen LogP contribution is -2.21. The maximum absolute atomic E-state index is 5.79. The van der Waals surface area contributed by atoms with Crippen LogP contribution in [0.4, 0.5) is 5.69 Å². The van der Waals surface area contributed by atoms with Crippen molar-refractivity contribution in [3.8, 4) is 0 Å². The van der Waals surface area contributed by atoms with Crippen molar-refractivity contribution in [1.29, 1.82) is 0 Å². The van der Waals surface area contributed by atoms with E-state index in [1.807, 2.05) is 44.7 Å². The Labute approximate surface area is 126 Å². The molecule has 0 atom stereocenters. The summed E-state index contributed by atoms with van der Waals surface area (Å²) in [7, 11) is 3.92. The fourth-order valence-corrected chi connectivity index (χ4v) is 2.48. The van der Waals surface area contributed by atoms with E-state index in [1.54, 1.807) is 4.68 Å². The molecule has 1 aromatic carbocycles. The Balaban J connectivity index is 2.28. The SMILES string of the molecule is CN(Cc1cnn(C)c1)c1ccc(Br)cc1C(N)=S. The molecule has 6 heteroatoms. The molecule has 2 rings (SSSR count). The molecule has 0 amide bonds. The highest BCUT2D eigenvalue weighted by atomic mass is 79.9. The van der Waals surface area contributed by atoms with Crippen LogP contribution in [0.1, 0.15) is 11.1 Å². The Hall–Kier alpha value is -1.40. The predicted octanol–water partition coefficient (Wildman–Crippen LogP) is 2.45. The van der Waals surface area contributed by atoms with Crippen molar-refractivity contribution in [2.24, 2.45) is 12.8 Å². The van der Waals surface area contributed by atoms with Crippen LogP contribution in [-0.2, 0) is 13.6 Å². The van der Waals surface area contributed by atoms with Crippen LogP contribution >= 0.6 is 28.1 Å². The molecule has 0 bridgehead atoms. The van der Waals surface area contributed by atoms with Gasteiger partial charge in [-0.1, -0.05) is 28.1 Å². The first-order chi connectivity index (χ1) is 8.97. The Morgan fingerprint density at radius 2 is 2.26 bits per heavy atom. The summed E-state index contributed by atoms with van der Waals surface area (Å²) >= 11 is 8.55. The summed E-state index contributed by atoms with van der Waals surface area (Å²) in [5.74, 6) is 0. The minimum absolute atomic E-state index is 0.398. The number of rotatable bonds is 4. The predicted molar refractivity (Wildman–Crippen MR) is 85.3 cm³/mol. The summed E-state index contributed by atoms with van der Waals surface area (Å²) < 4.78 is 2.76. The molecular weight excluding hydrogens is 324 g/mol. The molecule has 4 nitrogen and oxygen atoms in total. The van der Waals surface area contributed by atoms with Gasteiger partial charge >= 0.3 is 0 Å². The number of hydrogen-bond acceptors (Lipinski definition) is 3. The highest BCUT2D eigenvalue weighted by Crippen LogP contribution is 2.25. The summed E-state index contributed by atoms with van der Waals surface area (Å²) in [5, 5.41) is 4.17. The van der Waals surface area contributed by atoms with Gasteiger partial charge in [-0.2, -0.15) is 5.10 Å². The van der Waals surface area contributed by atoms with Gasteiger partial charge in [0.15, 0.2) is 0 Å². The molecule has 0 saturated heterocycles. The van der Waals surface area contributed by atoms with E-state index in [0.29, 0.717) is 4.99 Å². The third-order valence-electron chi connectivity index (χ3n) is 2.81. The fourth-order valence-electron chi connectivity index (χ4n) is 1.95. The number of halogens is 1. The molecule has 0 aliphatic carbocycles. The zero-order valence-corrected chi connectivity index (χ0v) is 13.2. The maximum Gasteiger partial charge on any atom is 0.106 e. The summed E-state index contributed by atoms with van der Waals surface area (Å²) in [6.45, 7) is 0.755. The van der Waals surface area contributed by atoms with Gasteiger partial charge in [-0.15, -0.1) is 0 Å². The zero-order valence-electron chi connectivity index (χ0n) is 10.8. The van der Waals surface area contributed by atoms with E-state index in [4.69, 9.17) is 18.0 Å². The molecule has 1 aromatic heterocycles. The van der Waals surface area contributed by atoms with Gasteiger partial charge in [-0.05, 0) is 18.2 Å². The third kappa shape index (κ3) is 3.33. The van der Waals surface area contributed by atoms with Gasteiger partial charge in [0.25, 0.3) is 0 Å². The van der Waals surface area contributed by atoms with Gasteiger partial charge in [0, 0.05) is 48.1 Å². The quantitative estimate of drug-likeness (QED) is 0.870. The third-order valence-corrected chi connectivity index (χ3v) is 3.53. The van der Waals surface area contributed by atoms with E-state index in [0.717, 1.165) is 27.8 Å². The zero-order chi connectivity index (χ0) is 14.0. The number of aryl methyl sites for hydroxylation is 1. The molecule has 1 heterocycles. The Bertz CT molecular complexity index is 608. The Kier molecular flexibility index (Phi) is 4.21. The van der Waals surface area contributed by atoms with Gasteiger partial charge in [0.1, 0.15) is 4.99 Å². The van der Waals surface area contributed by atoms with Crippen LogP contribution in [0.3, 0.4) is 0 Å². The van der Waals surface area contributed by atoms with Crippen LogP contribution in [0.5, 0.6) is 0 Å². The summed E-state index contributed by atoms with van der Waals surface area (Å²) in [4.78, 5) is 2.51. The number of anilines is 1. The number of aromatic nitrogens is 2. The van der Waals surface area contributed by atoms with Crippen LogP contribution in [0.15, 0.2) is 35.1 Å². The molecule has 0 saturated carbocycles. The molecule has 0 spiro atoms. The minimum atomic E-state index is 0.398. The van der Waals surface area contributed by atoms with E-state index in [-0.39, 0.29) is 0 Å². The molecule has 0 unspecified atom stereocenters. The number of thiocarbonyl (C=S) groups is 1. The van der Waals surface area contributed by atoms with Crippen LogP contribution in [0.2, 0.25) is 0 Å². The number of benzene rings is 1. The summed E-state index contributed by atoms with van der Waals surface area (Å²) in [5.41, 5.74) is 8.81. The summed E-state index contributed by atoms with van der Waals surface area (Å²) in [6.07, 6.45) is 3.85. The molecule has 100 valence electrons. The first kappa shape index (κ1) is 14.0. The van der Waals surface area contributed by atoms with Crippen molar-refractivity contribution in [3.63, 3.8) is 0 Å². The number of nitrogens with zero attached hydrogens (tertiary/aromatic N) is 3. The molecular formula is C13H15BrN4S. The molecule has 19 heavy (non-hydrogen) atoms. The van der Waals surface area contributed by atoms with Crippen molar-refractivity contribution >= 4 is 38.8 Å². The molecule has 0 radical (unpaired) electrons. The molecule has 2 N–H and O–H groups in total. The second-order valence-electron chi connectivity index (χ2n) is 4.40. The Morgan fingerprint density at radius 3 is 2.84 bits per heavy atom. The lowest BCUT2D eigenvalue weighted by molar-refractivity contribution is 0.766. The molecule has 0 aliphatic heterocycles. The summed E-state index contributed by atoms with van der Waals surface area (Å²) in [6, 6.07) is 5.93. The molecule has 2 aromatic rings. The van der Waals surface area contributed by atoms with Crippen LogP contribution in [0.25, 0.3) is 0 Å². The van der Waals surface area contributed by atoms with Crippen molar-refractivity contribution in [1.82, 2.24) is 9.78 Å². The van der Waals surface area contributed by atoms with Gasteiger partial charge in [-0.25, -0.2) is 0 Å².